The van der Waals surface area contributed by atoms with Crippen molar-refractivity contribution in [3.63, 3.8) is 0 Å². The Morgan fingerprint density at radius 1 is 1.24 bits per heavy atom. The van der Waals surface area contributed by atoms with Crippen molar-refractivity contribution in [1.29, 1.82) is 0 Å². The number of halogens is 1. The molecule has 1 saturated carbocycles. The highest BCUT2D eigenvalue weighted by molar-refractivity contribution is 7.95. The van der Waals surface area contributed by atoms with Crippen molar-refractivity contribution in [2.24, 2.45) is 10.7 Å². The van der Waals surface area contributed by atoms with Crippen molar-refractivity contribution < 1.29 is 13.2 Å². The number of rotatable bonds is 11. The van der Waals surface area contributed by atoms with E-state index >= 15 is 0 Å². The molecule has 224 valence electrons. The summed E-state index contributed by atoms with van der Waals surface area (Å²) in [4.78, 5) is 15.4. The summed E-state index contributed by atoms with van der Waals surface area (Å²) < 4.78 is 31.8. The molecule has 12 heteroatoms. The standard InChI is InChI=1S/C29H42ClN7O3S/c1-17(2)37-11-7-8-20(16-37)22-13-26(40-21-9-10-21)24(12-19(22)5)35-29-33-14-23(30)28(36-29)34-25(15-32-6)27(31)41(38,39)18(3)4/h12-15,17-18,20-21H,7-11,16,31H2,1-6H3,(H2,33,34,35,36). The lowest BCUT2D eigenvalue weighted by Crippen LogP contribution is -2.39. The number of nitrogens with zero attached hydrogens (tertiary/aromatic N) is 4. The van der Waals surface area contributed by atoms with Gasteiger partial charge in [-0.15, -0.1) is 0 Å². The first-order valence-electron chi connectivity index (χ1n) is 14.2. The summed E-state index contributed by atoms with van der Waals surface area (Å²) in [5.41, 5.74) is 9.37. The summed E-state index contributed by atoms with van der Waals surface area (Å²) in [5, 5.41) is 5.38. The molecule has 2 heterocycles. The molecule has 1 aliphatic carbocycles. The van der Waals surface area contributed by atoms with Crippen LogP contribution in [0.2, 0.25) is 5.02 Å². The smallest absolute Gasteiger partial charge is 0.229 e. The van der Waals surface area contributed by atoms with Crippen LogP contribution in [0.5, 0.6) is 5.75 Å². The number of allylic oxidation sites excluding steroid dienone is 1. The van der Waals surface area contributed by atoms with Crippen LogP contribution in [-0.4, -0.2) is 67.0 Å². The Morgan fingerprint density at radius 2 is 1.98 bits per heavy atom. The fraction of sp³-hybridized carbons (Fsp3) is 0.552. The number of ether oxygens (including phenoxy) is 1. The molecule has 4 N–H and O–H groups in total. The van der Waals surface area contributed by atoms with Gasteiger partial charge < -0.3 is 26.0 Å². The molecule has 10 nitrogen and oxygen atoms in total. The summed E-state index contributed by atoms with van der Waals surface area (Å²) in [7, 11) is -2.23. The van der Waals surface area contributed by atoms with Gasteiger partial charge in [0.05, 0.1) is 28.9 Å². The van der Waals surface area contributed by atoms with E-state index in [-0.39, 0.29) is 33.6 Å². The highest BCUT2D eigenvalue weighted by Crippen LogP contribution is 2.40. The minimum atomic E-state index is -3.75. The molecule has 41 heavy (non-hydrogen) atoms. The summed E-state index contributed by atoms with van der Waals surface area (Å²) in [6.07, 6.45) is 7.38. The van der Waals surface area contributed by atoms with E-state index in [1.807, 2.05) is 0 Å². The average molecular weight is 604 g/mol. The number of hydrogen-bond acceptors (Lipinski definition) is 10. The van der Waals surface area contributed by atoms with Gasteiger partial charge in [-0.25, -0.2) is 13.4 Å². The number of sulfone groups is 1. The van der Waals surface area contributed by atoms with Gasteiger partial charge in [0, 0.05) is 25.8 Å². The minimum absolute atomic E-state index is 0.0774. The van der Waals surface area contributed by atoms with E-state index in [9.17, 15) is 8.42 Å². The first-order valence-corrected chi connectivity index (χ1v) is 16.1. The molecule has 0 radical (unpaired) electrons. The zero-order chi connectivity index (χ0) is 29.9. The van der Waals surface area contributed by atoms with Gasteiger partial charge in [-0.2, -0.15) is 4.98 Å². The molecule has 2 fully saturated rings. The number of aliphatic imine (C=N–C) groups is 1. The molecule has 1 aromatic carbocycles. The molecule has 0 amide bonds. The topological polar surface area (TPSA) is 135 Å². The van der Waals surface area contributed by atoms with E-state index in [0.29, 0.717) is 12.0 Å². The van der Waals surface area contributed by atoms with E-state index in [1.54, 1.807) is 13.8 Å². The third kappa shape index (κ3) is 7.50. The third-order valence-corrected chi connectivity index (χ3v) is 9.85. The Kier molecular flexibility index (Phi) is 9.81. The molecule has 2 aliphatic rings. The van der Waals surface area contributed by atoms with Crippen molar-refractivity contribution >= 4 is 45.1 Å². The molecule has 1 aromatic heterocycles. The maximum Gasteiger partial charge on any atom is 0.229 e. The second-order valence-corrected chi connectivity index (χ2v) is 14.2. The molecule has 4 rings (SSSR count). The van der Waals surface area contributed by atoms with Crippen LogP contribution in [0.15, 0.2) is 34.0 Å². The molecule has 1 unspecified atom stereocenters. The fourth-order valence-electron chi connectivity index (χ4n) is 4.89. The first-order chi connectivity index (χ1) is 19.4. The average Bonchev–Trinajstić information content (AvgIpc) is 3.75. The largest absolute Gasteiger partial charge is 0.488 e. The van der Waals surface area contributed by atoms with E-state index in [1.165, 1.54) is 37.0 Å². The second-order valence-electron chi connectivity index (χ2n) is 11.3. The lowest BCUT2D eigenvalue weighted by molar-refractivity contribution is 0.167. The molecule has 0 spiro atoms. The van der Waals surface area contributed by atoms with Crippen LogP contribution in [0.3, 0.4) is 0 Å². The van der Waals surface area contributed by atoms with Gasteiger partial charge in [0.1, 0.15) is 10.8 Å². The van der Waals surface area contributed by atoms with Gasteiger partial charge in [-0.3, -0.25) is 4.99 Å². The highest BCUT2D eigenvalue weighted by Gasteiger charge is 2.29. The molecule has 1 atom stereocenters. The number of likely N-dealkylation sites (tertiary alicyclic amines) is 1. The minimum Gasteiger partial charge on any atom is -0.488 e. The van der Waals surface area contributed by atoms with Crippen LogP contribution >= 0.6 is 11.6 Å². The summed E-state index contributed by atoms with van der Waals surface area (Å²) in [5.74, 6) is 1.68. The normalized spacial score (nSPS) is 19.1. The predicted molar refractivity (Wildman–Crippen MR) is 167 cm³/mol. The maximum atomic E-state index is 12.7. The van der Waals surface area contributed by atoms with Crippen molar-refractivity contribution in [2.45, 2.75) is 83.6 Å². The zero-order valence-corrected chi connectivity index (χ0v) is 26.3. The van der Waals surface area contributed by atoms with Crippen LogP contribution < -0.4 is 21.1 Å². The Hall–Kier alpha value is -2.89. The number of aromatic nitrogens is 2. The first kappa shape index (κ1) is 31.1. The second kappa shape index (κ2) is 13.0. The monoisotopic (exact) mass is 603 g/mol. The van der Waals surface area contributed by atoms with Crippen molar-refractivity contribution in [3.05, 3.63) is 45.2 Å². The molecular formula is C29H42ClN7O3S. The Bertz CT molecular complexity index is 1420. The SMILES string of the molecule is CN=CC(Nc1nc(Nc2cc(C)c(C3CCCN(C(C)C)C3)cc2OC2CC2)ncc1Cl)=C(N)S(=O)(=O)C(C)C. The van der Waals surface area contributed by atoms with Gasteiger partial charge >= 0.3 is 0 Å². The number of hydrogen-bond donors (Lipinski definition) is 3. The van der Waals surface area contributed by atoms with E-state index < -0.39 is 15.1 Å². The van der Waals surface area contributed by atoms with Gasteiger partial charge in [0.15, 0.2) is 20.7 Å². The van der Waals surface area contributed by atoms with Gasteiger partial charge in [-0.1, -0.05) is 11.6 Å². The van der Waals surface area contributed by atoms with Crippen molar-refractivity contribution in [3.8, 4) is 5.75 Å². The number of aryl methyl sites for hydroxylation is 1. The number of anilines is 3. The number of piperidine rings is 1. The Morgan fingerprint density at radius 3 is 2.61 bits per heavy atom. The van der Waals surface area contributed by atoms with E-state index in [2.05, 4.69) is 63.4 Å². The number of benzene rings is 1. The highest BCUT2D eigenvalue weighted by atomic mass is 35.5. The van der Waals surface area contributed by atoms with Gasteiger partial charge in [0.25, 0.3) is 0 Å². The van der Waals surface area contributed by atoms with Crippen molar-refractivity contribution in [1.82, 2.24) is 14.9 Å². The van der Waals surface area contributed by atoms with Gasteiger partial charge in [0.2, 0.25) is 5.95 Å². The van der Waals surface area contributed by atoms with E-state index in [0.717, 1.165) is 43.8 Å². The predicted octanol–water partition coefficient (Wildman–Crippen LogP) is 5.37. The Labute approximate surface area is 248 Å². The van der Waals surface area contributed by atoms with Gasteiger partial charge in [-0.05, 0) is 96.0 Å². The summed E-state index contributed by atoms with van der Waals surface area (Å²) in [6.45, 7) is 11.9. The van der Waals surface area contributed by atoms with Crippen LogP contribution in [0.4, 0.5) is 17.5 Å². The van der Waals surface area contributed by atoms with Crippen LogP contribution in [0.1, 0.15) is 70.4 Å². The third-order valence-electron chi connectivity index (χ3n) is 7.50. The molecule has 0 bridgehead atoms. The quantitative estimate of drug-likeness (QED) is 0.289. The lowest BCUT2D eigenvalue weighted by atomic mass is 9.87. The maximum absolute atomic E-state index is 12.7. The molecule has 2 aromatic rings. The van der Waals surface area contributed by atoms with Crippen molar-refractivity contribution in [2.75, 3.05) is 30.8 Å². The number of nitrogens with one attached hydrogen (secondary N) is 2. The Balaban J connectivity index is 1.65. The fourth-order valence-corrected chi connectivity index (χ4v) is 5.95. The van der Waals surface area contributed by atoms with Crippen LogP contribution in [0, 0.1) is 6.92 Å². The molecular weight excluding hydrogens is 562 g/mol. The van der Waals surface area contributed by atoms with E-state index in [4.69, 9.17) is 22.1 Å². The summed E-state index contributed by atoms with van der Waals surface area (Å²) >= 11 is 6.40. The lowest BCUT2D eigenvalue weighted by Gasteiger charge is -2.36. The van der Waals surface area contributed by atoms with Crippen LogP contribution in [-0.2, 0) is 9.84 Å². The molecule has 1 aliphatic heterocycles. The molecule has 1 saturated heterocycles. The summed E-state index contributed by atoms with van der Waals surface area (Å²) in [6, 6.07) is 4.79. The number of nitrogens with two attached hydrogens (primary N) is 1. The van der Waals surface area contributed by atoms with Crippen LogP contribution in [0.25, 0.3) is 0 Å². The zero-order valence-electron chi connectivity index (χ0n) is 24.7.